The van der Waals surface area contributed by atoms with Crippen LogP contribution in [0.1, 0.15) is 16.1 Å². The zero-order valence-electron chi connectivity index (χ0n) is 11.9. The predicted molar refractivity (Wildman–Crippen MR) is 82.7 cm³/mol. The second kappa shape index (κ2) is 6.03. The number of anilines is 1. The summed E-state index contributed by atoms with van der Waals surface area (Å²) in [6.07, 6.45) is 0. The first kappa shape index (κ1) is 14.4. The topological polar surface area (TPSA) is 99.2 Å². The van der Waals surface area contributed by atoms with Crippen LogP contribution in [0.2, 0.25) is 0 Å². The molecule has 0 atom stereocenters. The minimum Gasteiger partial charge on any atom is -0.508 e. The second-order valence-corrected chi connectivity index (χ2v) is 4.77. The zero-order chi connectivity index (χ0) is 16.2. The van der Waals surface area contributed by atoms with Crippen LogP contribution >= 0.6 is 0 Å². The van der Waals surface area contributed by atoms with Gasteiger partial charge in [0.05, 0.1) is 11.6 Å². The van der Waals surface area contributed by atoms with E-state index in [4.69, 9.17) is 9.78 Å². The molecule has 1 heterocycles. The van der Waals surface area contributed by atoms with Crippen LogP contribution in [-0.2, 0) is 0 Å². The average molecular weight is 305 g/mol. The van der Waals surface area contributed by atoms with E-state index in [0.717, 1.165) is 0 Å². The van der Waals surface area contributed by atoms with E-state index in [2.05, 4.69) is 10.5 Å². The molecular weight excluding hydrogens is 294 g/mol. The Morgan fingerprint density at radius 1 is 1.17 bits per heavy atom. The van der Waals surface area contributed by atoms with Gasteiger partial charge in [-0.25, -0.2) is 0 Å². The van der Waals surface area contributed by atoms with Crippen molar-refractivity contribution in [1.82, 2.24) is 5.16 Å². The van der Waals surface area contributed by atoms with Crippen molar-refractivity contribution in [1.29, 1.82) is 5.26 Å². The predicted octanol–water partition coefficient (Wildman–Crippen LogP) is 3.17. The Kier molecular flexibility index (Phi) is 3.77. The Morgan fingerprint density at radius 3 is 2.65 bits per heavy atom. The summed E-state index contributed by atoms with van der Waals surface area (Å²) in [7, 11) is 0. The van der Waals surface area contributed by atoms with Crippen molar-refractivity contribution < 1.29 is 14.4 Å². The van der Waals surface area contributed by atoms with Gasteiger partial charge in [-0.2, -0.15) is 5.26 Å². The lowest BCUT2D eigenvalue weighted by molar-refractivity contribution is 0.101. The number of hydrogen-bond donors (Lipinski definition) is 2. The SMILES string of the molecule is N#Cc1ccc(NC(=O)c2cc(-c3cccc(O)c3)on2)cc1. The Balaban J connectivity index is 1.77. The molecule has 0 unspecified atom stereocenters. The Morgan fingerprint density at radius 2 is 1.96 bits per heavy atom. The largest absolute Gasteiger partial charge is 0.508 e. The van der Waals surface area contributed by atoms with E-state index in [1.54, 1.807) is 42.5 Å². The summed E-state index contributed by atoms with van der Waals surface area (Å²) in [6, 6.07) is 16.4. The summed E-state index contributed by atoms with van der Waals surface area (Å²) >= 11 is 0. The number of phenolic OH excluding ortho intramolecular Hbond substituents is 1. The smallest absolute Gasteiger partial charge is 0.277 e. The lowest BCUT2D eigenvalue weighted by Crippen LogP contribution is -2.11. The third-order valence-electron chi connectivity index (χ3n) is 3.15. The molecule has 0 aliphatic carbocycles. The van der Waals surface area contributed by atoms with Crippen molar-refractivity contribution in [2.45, 2.75) is 0 Å². The Hall–Kier alpha value is -3.59. The van der Waals surface area contributed by atoms with Gasteiger partial charge < -0.3 is 14.9 Å². The molecule has 3 rings (SSSR count). The number of rotatable bonds is 3. The molecule has 1 amide bonds. The molecule has 0 bridgehead atoms. The lowest BCUT2D eigenvalue weighted by Gasteiger charge is -2.01. The minimum absolute atomic E-state index is 0.0995. The van der Waals surface area contributed by atoms with Crippen LogP contribution < -0.4 is 5.32 Å². The summed E-state index contributed by atoms with van der Waals surface area (Å²) in [4.78, 5) is 12.1. The van der Waals surface area contributed by atoms with Crippen molar-refractivity contribution in [2.75, 3.05) is 5.32 Å². The molecule has 1 aromatic heterocycles. The van der Waals surface area contributed by atoms with Crippen LogP contribution in [0, 0.1) is 11.3 Å². The molecule has 0 saturated heterocycles. The summed E-state index contributed by atoms with van der Waals surface area (Å²) in [5, 5.41) is 24.6. The minimum atomic E-state index is -0.426. The summed E-state index contributed by atoms with van der Waals surface area (Å²) in [5.74, 6) is 0.0539. The molecule has 0 radical (unpaired) electrons. The number of hydrogen-bond acceptors (Lipinski definition) is 5. The van der Waals surface area contributed by atoms with Gasteiger partial charge in [0.25, 0.3) is 5.91 Å². The highest BCUT2D eigenvalue weighted by molar-refractivity contribution is 6.03. The first-order valence-corrected chi connectivity index (χ1v) is 6.73. The van der Waals surface area contributed by atoms with Crippen molar-refractivity contribution >= 4 is 11.6 Å². The number of aromatic nitrogens is 1. The van der Waals surface area contributed by atoms with Crippen LogP contribution in [0.3, 0.4) is 0 Å². The van der Waals surface area contributed by atoms with Crippen molar-refractivity contribution in [3.05, 3.63) is 65.9 Å². The molecule has 112 valence electrons. The average Bonchev–Trinajstić information content (AvgIpc) is 3.06. The highest BCUT2D eigenvalue weighted by atomic mass is 16.5. The fourth-order valence-electron chi connectivity index (χ4n) is 2.00. The van der Waals surface area contributed by atoms with E-state index in [1.165, 1.54) is 12.1 Å². The van der Waals surface area contributed by atoms with Crippen LogP contribution in [0.4, 0.5) is 5.69 Å². The molecule has 0 spiro atoms. The van der Waals surface area contributed by atoms with Gasteiger partial charge in [0.2, 0.25) is 0 Å². The maximum Gasteiger partial charge on any atom is 0.277 e. The number of nitriles is 1. The van der Waals surface area contributed by atoms with Crippen LogP contribution in [0.5, 0.6) is 5.75 Å². The summed E-state index contributed by atoms with van der Waals surface area (Å²) in [5.41, 5.74) is 1.80. The number of amides is 1. The molecule has 0 aliphatic heterocycles. The zero-order valence-corrected chi connectivity index (χ0v) is 11.9. The number of carbonyl (C=O) groups excluding carboxylic acids is 1. The lowest BCUT2D eigenvalue weighted by atomic mass is 10.1. The highest BCUT2D eigenvalue weighted by Crippen LogP contribution is 2.24. The number of nitrogens with zero attached hydrogens (tertiary/aromatic N) is 2. The number of phenols is 1. The third-order valence-corrected chi connectivity index (χ3v) is 3.15. The van der Waals surface area contributed by atoms with Gasteiger partial charge in [-0.1, -0.05) is 17.3 Å². The van der Waals surface area contributed by atoms with Gasteiger partial charge in [-0.3, -0.25) is 4.79 Å². The summed E-state index contributed by atoms with van der Waals surface area (Å²) < 4.78 is 5.14. The number of benzene rings is 2. The monoisotopic (exact) mass is 305 g/mol. The van der Waals surface area contributed by atoms with Crippen LogP contribution in [0.25, 0.3) is 11.3 Å². The fourth-order valence-corrected chi connectivity index (χ4v) is 2.00. The first-order valence-electron chi connectivity index (χ1n) is 6.73. The van der Waals surface area contributed by atoms with Crippen molar-refractivity contribution in [2.24, 2.45) is 0 Å². The summed E-state index contributed by atoms with van der Waals surface area (Å²) in [6.45, 7) is 0. The van der Waals surface area contributed by atoms with Gasteiger partial charge in [-0.05, 0) is 36.4 Å². The Bertz CT molecular complexity index is 892. The molecule has 2 aromatic carbocycles. The third kappa shape index (κ3) is 3.19. The normalized spacial score (nSPS) is 10.0. The van der Waals surface area contributed by atoms with Crippen molar-refractivity contribution in [3.8, 4) is 23.1 Å². The number of nitrogens with one attached hydrogen (secondary N) is 1. The molecule has 0 fully saturated rings. The quantitative estimate of drug-likeness (QED) is 0.774. The molecular formula is C17H11N3O3. The molecule has 0 saturated carbocycles. The van der Waals surface area contributed by atoms with E-state index >= 15 is 0 Å². The molecule has 23 heavy (non-hydrogen) atoms. The number of aromatic hydroxyl groups is 1. The van der Waals surface area contributed by atoms with E-state index < -0.39 is 5.91 Å². The second-order valence-electron chi connectivity index (χ2n) is 4.77. The highest BCUT2D eigenvalue weighted by Gasteiger charge is 2.14. The van der Waals surface area contributed by atoms with E-state index in [-0.39, 0.29) is 11.4 Å². The van der Waals surface area contributed by atoms with Gasteiger partial charge >= 0.3 is 0 Å². The van der Waals surface area contributed by atoms with Crippen molar-refractivity contribution in [3.63, 3.8) is 0 Å². The molecule has 6 heteroatoms. The van der Waals surface area contributed by atoms with Gasteiger partial charge in [0, 0.05) is 17.3 Å². The van der Waals surface area contributed by atoms with Gasteiger partial charge in [-0.15, -0.1) is 0 Å². The standard InChI is InChI=1S/C17H11N3O3/c18-10-11-4-6-13(7-5-11)19-17(22)15-9-16(23-20-15)12-2-1-3-14(21)8-12/h1-9,21H,(H,19,22). The number of carbonyl (C=O) groups is 1. The fraction of sp³-hybridized carbons (Fsp3) is 0. The van der Waals surface area contributed by atoms with Gasteiger partial charge in [0.15, 0.2) is 11.5 Å². The molecule has 3 aromatic rings. The first-order chi connectivity index (χ1) is 11.2. The maximum absolute atomic E-state index is 12.1. The van der Waals surface area contributed by atoms with Crippen LogP contribution in [-0.4, -0.2) is 16.2 Å². The van der Waals surface area contributed by atoms with Gasteiger partial charge in [0.1, 0.15) is 5.75 Å². The Labute approximate surface area is 131 Å². The van der Waals surface area contributed by atoms with E-state index in [1.807, 2.05) is 6.07 Å². The molecule has 2 N–H and O–H groups in total. The van der Waals surface area contributed by atoms with Crippen LogP contribution in [0.15, 0.2) is 59.1 Å². The molecule has 6 nitrogen and oxygen atoms in total. The molecule has 0 aliphatic rings. The maximum atomic E-state index is 12.1. The van der Waals surface area contributed by atoms with E-state index in [0.29, 0.717) is 22.6 Å². The van der Waals surface area contributed by atoms with E-state index in [9.17, 15) is 9.90 Å².